The Balaban J connectivity index is 1.95. The molecule has 0 saturated carbocycles. The van der Waals surface area contributed by atoms with Crippen molar-refractivity contribution in [3.63, 3.8) is 0 Å². The highest BCUT2D eigenvalue weighted by molar-refractivity contribution is 9.10. The first-order valence-electron chi connectivity index (χ1n) is 6.82. The van der Waals surface area contributed by atoms with E-state index in [0.717, 1.165) is 28.4 Å². The maximum absolute atomic E-state index is 5.28. The molecule has 19 heavy (non-hydrogen) atoms. The molecular weight excluding hydrogens is 302 g/mol. The highest BCUT2D eigenvalue weighted by atomic mass is 79.9. The van der Waals surface area contributed by atoms with Gasteiger partial charge in [-0.1, -0.05) is 34.5 Å². The molecule has 2 rings (SSSR count). The van der Waals surface area contributed by atoms with E-state index < -0.39 is 0 Å². The van der Waals surface area contributed by atoms with Gasteiger partial charge in [-0.3, -0.25) is 0 Å². The Bertz CT molecular complexity index is 470. The van der Waals surface area contributed by atoms with Crippen LogP contribution in [-0.2, 0) is 0 Å². The van der Waals surface area contributed by atoms with Crippen LogP contribution >= 0.6 is 15.9 Å². The summed E-state index contributed by atoms with van der Waals surface area (Å²) in [6, 6.07) is 6.11. The van der Waals surface area contributed by atoms with Gasteiger partial charge in [-0.15, -0.1) is 0 Å². The second kappa shape index (κ2) is 6.47. The van der Waals surface area contributed by atoms with Crippen molar-refractivity contribution in [1.29, 1.82) is 0 Å². The zero-order valence-electron chi connectivity index (χ0n) is 11.9. The summed E-state index contributed by atoms with van der Waals surface area (Å²) >= 11 is 3.51. The number of hydrogen-bond donors (Lipinski definition) is 1. The second-order valence-corrected chi connectivity index (χ2v) is 6.47. The molecule has 1 N–H and O–H groups in total. The molecule has 1 aromatic rings. The van der Waals surface area contributed by atoms with Gasteiger partial charge in [0.25, 0.3) is 0 Å². The number of halogens is 1. The van der Waals surface area contributed by atoms with Gasteiger partial charge in [0.2, 0.25) is 0 Å². The van der Waals surface area contributed by atoms with E-state index in [1.165, 1.54) is 18.4 Å². The molecule has 0 saturated heterocycles. The fraction of sp³-hybridized carbons (Fsp3) is 0.500. The third-order valence-electron chi connectivity index (χ3n) is 3.59. The standard InChI is InChI=1S/C16H22BrNO/c1-11-4-12(2)6-13(5-11)10-18-15-7-14(17)8-16(9-15)19-3/h4,7-9,11,13,18H,5-6,10H2,1-3H3. The van der Waals surface area contributed by atoms with Crippen LogP contribution in [0.15, 0.2) is 34.3 Å². The minimum atomic E-state index is 0.706. The molecule has 0 aromatic heterocycles. The summed E-state index contributed by atoms with van der Waals surface area (Å²) in [5.74, 6) is 2.31. The topological polar surface area (TPSA) is 21.3 Å². The molecular formula is C16H22BrNO. The lowest BCUT2D eigenvalue weighted by Crippen LogP contribution is -2.20. The number of allylic oxidation sites excluding steroid dienone is 2. The zero-order chi connectivity index (χ0) is 13.8. The van der Waals surface area contributed by atoms with Crippen LogP contribution in [0.1, 0.15) is 26.7 Å². The predicted octanol–water partition coefficient (Wildman–Crippen LogP) is 4.86. The molecule has 0 radical (unpaired) electrons. The van der Waals surface area contributed by atoms with Crippen LogP contribution in [0, 0.1) is 11.8 Å². The Morgan fingerprint density at radius 3 is 2.84 bits per heavy atom. The Kier molecular flexibility index (Phi) is 4.92. The van der Waals surface area contributed by atoms with Crippen molar-refractivity contribution in [2.75, 3.05) is 19.0 Å². The summed E-state index contributed by atoms with van der Waals surface area (Å²) in [5, 5.41) is 3.53. The average molecular weight is 324 g/mol. The number of methoxy groups -OCH3 is 1. The summed E-state index contributed by atoms with van der Waals surface area (Å²) in [7, 11) is 1.70. The lowest BCUT2D eigenvalue weighted by Gasteiger charge is -2.26. The first-order valence-corrected chi connectivity index (χ1v) is 7.62. The first-order chi connectivity index (χ1) is 9.06. The molecule has 2 unspecified atom stereocenters. The largest absolute Gasteiger partial charge is 0.497 e. The van der Waals surface area contributed by atoms with E-state index in [1.54, 1.807) is 7.11 Å². The van der Waals surface area contributed by atoms with E-state index in [9.17, 15) is 0 Å². The van der Waals surface area contributed by atoms with Crippen LogP contribution in [0.4, 0.5) is 5.69 Å². The minimum Gasteiger partial charge on any atom is -0.497 e. The SMILES string of the molecule is COc1cc(Br)cc(NCC2CC(C)=CC(C)C2)c1. The maximum Gasteiger partial charge on any atom is 0.122 e. The van der Waals surface area contributed by atoms with E-state index in [1.807, 2.05) is 12.1 Å². The molecule has 104 valence electrons. The molecule has 2 atom stereocenters. The summed E-state index contributed by atoms with van der Waals surface area (Å²) in [6.45, 7) is 5.57. The second-order valence-electron chi connectivity index (χ2n) is 5.56. The molecule has 1 aliphatic rings. The van der Waals surface area contributed by atoms with Gasteiger partial charge >= 0.3 is 0 Å². The van der Waals surface area contributed by atoms with Crippen molar-refractivity contribution in [3.05, 3.63) is 34.3 Å². The van der Waals surface area contributed by atoms with Crippen molar-refractivity contribution >= 4 is 21.6 Å². The fourth-order valence-corrected chi connectivity index (χ4v) is 3.36. The lowest BCUT2D eigenvalue weighted by molar-refractivity contribution is 0.413. The van der Waals surface area contributed by atoms with Gasteiger partial charge in [-0.05, 0) is 43.7 Å². The summed E-state index contributed by atoms with van der Waals surface area (Å²) in [6.07, 6.45) is 4.89. The van der Waals surface area contributed by atoms with Crippen molar-refractivity contribution < 1.29 is 4.74 Å². The smallest absolute Gasteiger partial charge is 0.122 e. The van der Waals surface area contributed by atoms with E-state index in [4.69, 9.17) is 4.74 Å². The molecule has 0 fully saturated rings. The molecule has 2 nitrogen and oxygen atoms in total. The van der Waals surface area contributed by atoms with Crippen molar-refractivity contribution in [1.82, 2.24) is 0 Å². The summed E-state index contributed by atoms with van der Waals surface area (Å²) in [5.41, 5.74) is 2.64. The number of anilines is 1. The minimum absolute atomic E-state index is 0.706. The maximum atomic E-state index is 5.28. The van der Waals surface area contributed by atoms with E-state index in [2.05, 4.69) is 47.2 Å². The van der Waals surface area contributed by atoms with Crippen LogP contribution < -0.4 is 10.1 Å². The fourth-order valence-electron chi connectivity index (χ4n) is 2.89. The van der Waals surface area contributed by atoms with Crippen LogP contribution in [0.2, 0.25) is 0 Å². The van der Waals surface area contributed by atoms with Gasteiger partial charge < -0.3 is 10.1 Å². The van der Waals surface area contributed by atoms with E-state index in [-0.39, 0.29) is 0 Å². The number of ether oxygens (including phenoxy) is 1. The molecule has 0 amide bonds. The monoisotopic (exact) mass is 323 g/mol. The van der Waals surface area contributed by atoms with Crippen molar-refractivity contribution in [3.8, 4) is 5.75 Å². The molecule has 0 spiro atoms. The molecule has 0 bridgehead atoms. The molecule has 0 aliphatic heterocycles. The van der Waals surface area contributed by atoms with Gasteiger partial charge in [0.1, 0.15) is 5.75 Å². The molecule has 3 heteroatoms. The van der Waals surface area contributed by atoms with E-state index >= 15 is 0 Å². The Labute approximate surface area is 124 Å². The number of rotatable bonds is 4. The summed E-state index contributed by atoms with van der Waals surface area (Å²) < 4.78 is 6.33. The Morgan fingerprint density at radius 1 is 1.37 bits per heavy atom. The first kappa shape index (κ1) is 14.4. The van der Waals surface area contributed by atoms with Crippen molar-refractivity contribution in [2.45, 2.75) is 26.7 Å². The summed E-state index contributed by atoms with van der Waals surface area (Å²) in [4.78, 5) is 0. The normalized spacial score (nSPS) is 22.8. The van der Waals surface area contributed by atoms with Crippen molar-refractivity contribution in [2.24, 2.45) is 11.8 Å². The van der Waals surface area contributed by atoms with Gasteiger partial charge in [0, 0.05) is 22.8 Å². The average Bonchev–Trinajstić information content (AvgIpc) is 2.34. The molecule has 1 aromatic carbocycles. The number of hydrogen-bond acceptors (Lipinski definition) is 2. The third-order valence-corrected chi connectivity index (χ3v) is 4.04. The third kappa shape index (κ3) is 4.27. The lowest BCUT2D eigenvalue weighted by atomic mass is 9.84. The van der Waals surface area contributed by atoms with Gasteiger partial charge in [0.15, 0.2) is 0 Å². The highest BCUT2D eigenvalue weighted by Crippen LogP contribution is 2.29. The molecule has 0 heterocycles. The van der Waals surface area contributed by atoms with E-state index in [0.29, 0.717) is 5.92 Å². The highest BCUT2D eigenvalue weighted by Gasteiger charge is 2.17. The molecule has 1 aliphatic carbocycles. The predicted molar refractivity (Wildman–Crippen MR) is 84.8 cm³/mol. The number of nitrogens with one attached hydrogen (secondary N) is 1. The Hall–Kier alpha value is -0.960. The van der Waals surface area contributed by atoms with Crippen LogP contribution in [0.3, 0.4) is 0 Å². The van der Waals surface area contributed by atoms with Crippen LogP contribution in [0.25, 0.3) is 0 Å². The zero-order valence-corrected chi connectivity index (χ0v) is 13.5. The quantitative estimate of drug-likeness (QED) is 0.799. The van der Waals surface area contributed by atoms with Crippen LogP contribution in [0.5, 0.6) is 5.75 Å². The Morgan fingerprint density at radius 2 is 2.16 bits per heavy atom. The van der Waals surface area contributed by atoms with Gasteiger partial charge in [-0.25, -0.2) is 0 Å². The van der Waals surface area contributed by atoms with Crippen LogP contribution in [-0.4, -0.2) is 13.7 Å². The number of benzene rings is 1. The van der Waals surface area contributed by atoms with Gasteiger partial charge in [0.05, 0.1) is 7.11 Å². The van der Waals surface area contributed by atoms with Gasteiger partial charge in [-0.2, -0.15) is 0 Å².